The normalized spacial score (nSPS) is 10.3. The Morgan fingerprint density at radius 3 is 2.68 bits per heavy atom. The van der Waals surface area contributed by atoms with Gasteiger partial charge in [-0.2, -0.15) is 15.0 Å². The molecular weight excluding hydrogens is 264 g/mol. The van der Waals surface area contributed by atoms with Gasteiger partial charge in [0.2, 0.25) is 17.8 Å². The molecule has 2 heterocycles. The number of hydrazine groups is 1. The van der Waals surface area contributed by atoms with Crippen molar-refractivity contribution in [3.05, 3.63) is 16.6 Å². The Hall–Kier alpha value is -2.00. The summed E-state index contributed by atoms with van der Waals surface area (Å²) in [6.07, 6.45) is 2.62. The minimum atomic E-state index is 0.329. The van der Waals surface area contributed by atoms with Crippen LogP contribution in [0.5, 0.6) is 0 Å². The maximum Gasteiger partial charge on any atom is 0.243 e. The van der Waals surface area contributed by atoms with Crippen LogP contribution in [0.15, 0.2) is 11.6 Å². The van der Waals surface area contributed by atoms with E-state index in [0.29, 0.717) is 24.4 Å². The molecule has 0 saturated carbocycles. The summed E-state index contributed by atoms with van der Waals surface area (Å²) in [6, 6.07) is 0. The molecule has 4 N–H and O–H groups in total. The van der Waals surface area contributed by atoms with Crippen LogP contribution in [0.1, 0.15) is 5.01 Å². The third kappa shape index (κ3) is 3.73. The van der Waals surface area contributed by atoms with Crippen molar-refractivity contribution in [2.24, 2.45) is 5.84 Å². The third-order valence-electron chi connectivity index (χ3n) is 2.26. The number of nitrogens with zero attached hydrogens (tertiary/aromatic N) is 5. The van der Waals surface area contributed by atoms with Gasteiger partial charge in [0.1, 0.15) is 0 Å². The van der Waals surface area contributed by atoms with Crippen LogP contribution in [0.25, 0.3) is 0 Å². The molecular formula is C10H16N8S. The van der Waals surface area contributed by atoms with Crippen molar-refractivity contribution in [3.8, 4) is 0 Å². The first-order valence-corrected chi connectivity index (χ1v) is 6.59. The Labute approximate surface area is 115 Å². The van der Waals surface area contributed by atoms with E-state index < -0.39 is 0 Å². The summed E-state index contributed by atoms with van der Waals surface area (Å²) in [7, 11) is 3.71. The third-order valence-corrected chi connectivity index (χ3v) is 3.10. The zero-order valence-corrected chi connectivity index (χ0v) is 11.6. The Morgan fingerprint density at radius 1 is 1.26 bits per heavy atom. The van der Waals surface area contributed by atoms with Crippen molar-refractivity contribution in [1.82, 2.24) is 19.9 Å². The van der Waals surface area contributed by atoms with Gasteiger partial charge >= 0.3 is 0 Å². The van der Waals surface area contributed by atoms with Gasteiger partial charge in [0, 0.05) is 38.6 Å². The smallest absolute Gasteiger partial charge is 0.243 e. The molecule has 0 aromatic carbocycles. The molecule has 0 radical (unpaired) electrons. The molecule has 0 atom stereocenters. The summed E-state index contributed by atoms with van der Waals surface area (Å²) in [5.74, 6) is 6.70. The van der Waals surface area contributed by atoms with E-state index in [0.717, 1.165) is 11.4 Å². The number of thiazole rings is 1. The van der Waals surface area contributed by atoms with Crippen LogP contribution in [0.4, 0.5) is 17.8 Å². The minimum absolute atomic E-state index is 0.329. The molecule has 0 saturated heterocycles. The lowest BCUT2D eigenvalue weighted by Gasteiger charge is -2.12. The molecule has 19 heavy (non-hydrogen) atoms. The van der Waals surface area contributed by atoms with E-state index in [4.69, 9.17) is 5.84 Å². The highest BCUT2D eigenvalue weighted by Crippen LogP contribution is 2.11. The molecule has 0 aliphatic rings. The number of hydrogen-bond acceptors (Lipinski definition) is 9. The second-order valence-corrected chi connectivity index (χ2v) is 4.90. The highest BCUT2D eigenvalue weighted by Gasteiger charge is 2.07. The SMILES string of the molecule is CN(C)c1nc(NN)nc(NCCc2nccs2)n1. The molecule has 9 heteroatoms. The van der Waals surface area contributed by atoms with Gasteiger partial charge in [0.05, 0.1) is 5.01 Å². The second-order valence-electron chi connectivity index (χ2n) is 3.92. The van der Waals surface area contributed by atoms with Crippen LogP contribution in [0.2, 0.25) is 0 Å². The molecule has 0 aliphatic heterocycles. The minimum Gasteiger partial charge on any atom is -0.354 e. The van der Waals surface area contributed by atoms with Gasteiger partial charge in [-0.15, -0.1) is 11.3 Å². The number of aromatic nitrogens is 4. The van der Waals surface area contributed by atoms with Gasteiger partial charge in [0.25, 0.3) is 0 Å². The first-order chi connectivity index (χ1) is 9.19. The summed E-state index contributed by atoms with van der Waals surface area (Å²) in [5.41, 5.74) is 2.43. The van der Waals surface area contributed by atoms with E-state index in [-0.39, 0.29) is 0 Å². The van der Waals surface area contributed by atoms with Crippen LogP contribution < -0.4 is 21.5 Å². The van der Waals surface area contributed by atoms with Crippen LogP contribution in [0.3, 0.4) is 0 Å². The van der Waals surface area contributed by atoms with Crippen molar-refractivity contribution in [1.29, 1.82) is 0 Å². The zero-order valence-electron chi connectivity index (χ0n) is 10.8. The summed E-state index contributed by atoms with van der Waals surface area (Å²) in [4.78, 5) is 18.5. The summed E-state index contributed by atoms with van der Waals surface area (Å²) < 4.78 is 0. The molecule has 0 fully saturated rings. The fourth-order valence-electron chi connectivity index (χ4n) is 1.37. The number of rotatable bonds is 6. The number of anilines is 3. The molecule has 0 aliphatic carbocycles. The predicted molar refractivity (Wildman–Crippen MR) is 76.3 cm³/mol. The van der Waals surface area contributed by atoms with Crippen molar-refractivity contribution < 1.29 is 0 Å². The molecule has 8 nitrogen and oxygen atoms in total. The van der Waals surface area contributed by atoms with Gasteiger partial charge in [-0.1, -0.05) is 0 Å². The summed E-state index contributed by atoms with van der Waals surface area (Å²) in [6.45, 7) is 0.703. The lowest BCUT2D eigenvalue weighted by Crippen LogP contribution is -2.19. The fraction of sp³-hybridized carbons (Fsp3) is 0.400. The molecule has 0 spiro atoms. The maximum absolute atomic E-state index is 5.34. The average Bonchev–Trinajstić information content (AvgIpc) is 2.91. The first kappa shape index (κ1) is 13.4. The average molecular weight is 280 g/mol. The molecule has 102 valence electrons. The van der Waals surface area contributed by atoms with Gasteiger partial charge in [-0.05, 0) is 0 Å². The van der Waals surface area contributed by atoms with Crippen LogP contribution >= 0.6 is 11.3 Å². The Morgan fingerprint density at radius 2 is 2.05 bits per heavy atom. The van der Waals surface area contributed by atoms with Crippen LogP contribution in [0, 0.1) is 0 Å². The predicted octanol–water partition coefficient (Wildman–Crippen LogP) is 0.334. The Bertz CT molecular complexity index is 512. The topological polar surface area (TPSA) is 105 Å². The van der Waals surface area contributed by atoms with Gasteiger partial charge in [-0.3, -0.25) is 5.43 Å². The number of hydrogen-bond donors (Lipinski definition) is 3. The molecule has 2 rings (SSSR count). The van der Waals surface area contributed by atoms with Crippen molar-refractivity contribution in [2.75, 3.05) is 36.3 Å². The van der Waals surface area contributed by atoms with Crippen molar-refractivity contribution in [2.45, 2.75) is 6.42 Å². The van der Waals surface area contributed by atoms with E-state index in [1.165, 1.54) is 0 Å². The number of nitrogens with two attached hydrogens (primary N) is 1. The monoisotopic (exact) mass is 280 g/mol. The van der Waals surface area contributed by atoms with Gasteiger partial charge in [0.15, 0.2) is 0 Å². The quantitative estimate of drug-likeness (QED) is 0.514. The number of nitrogens with one attached hydrogen (secondary N) is 2. The van der Waals surface area contributed by atoms with E-state index in [2.05, 4.69) is 30.7 Å². The largest absolute Gasteiger partial charge is 0.354 e. The van der Waals surface area contributed by atoms with Gasteiger partial charge < -0.3 is 10.2 Å². The first-order valence-electron chi connectivity index (χ1n) is 5.71. The zero-order chi connectivity index (χ0) is 13.7. The van der Waals surface area contributed by atoms with E-state index in [1.54, 1.807) is 22.4 Å². The molecule has 2 aromatic heterocycles. The lowest BCUT2D eigenvalue weighted by atomic mass is 10.4. The van der Waals surface area contributed by atoms with Crippen molar-refractivity contribution in [3.63, 3.8) is 0 Å². The molecule has 0 amide bonds. The van der Waals surface area contributed by atoms with E-state index in [9.17, 15) is 0 Å². The fourth-order valence-corrected chi connectivity index (χ4v) is 1.99. The molecule has 2 aromatic rings. The van der Waals surface area contributed by atoms with E-state index >= 15 is 0 Å². The lowest BCUT2D eigenvalue weighted by molar-refractivity contribution is 0.923. The Balaban J connectivity index is 2.00. The molecule has 0 bridgehead atoms. The summed E-state index contributed by atoms with van der Waals surface area (Å²) >= 11 is 1.63. The highest BCUT2D eigenvalue weighted by molar-refractivity contribution is 7.09. The summed E-state index contributed by atoms with van der Waals surface area (Å²) in [5, 5.41) is 6.17. The van der Waals surface area contributed by atoms with Crippen LogP contribution in [-0.2, 0) is 6.42 Å². The standard InChI is InChI=1S/C10H16N8S/c1-18(2)10-15-8(14-9(16-10)17-11)13-4-3-7-12-5-6-19-7/h5-6H,3-4,11H2,1-2H3,(H2,13,14,15,16,17). The second kappa shape index (κ2) is 6.25. The highest BCUT2D eigenvalue weighted by atomic mass is 32.1. The van der Waals surface area contributed by atoms with Gasteiger partial charge in [-0.25, -0.2) is 10.8 Å². The van der Waals surface area contributed by atoms with Crippen LogP contribution in [-0.4, -0.2) is 40.6 Å². The maximum atomic E-state index is 5.34. The van der Waals surface area contributed by atoms with Crippen molar-refractivity contribution >= 4 is 29.2 Å². The molecule has 0 unspecified atom stereocenters. The van der Waals surface area contributed by atoms with E-state index in [1.807, 2.05) is 19.5 Å². The Kier molecular flexibility index (Phi) is 4.42. The number of nitrogen functional groups attached to an aromatic ring is 1.